The van der Waals surface area contributed by atoms with E-state index in [4.69, 9.17) is 4.74 Å². The van der Waals surface area contributed by atoms with Crippen LogP contribution in [0.25, 0.3) is 0 Å². The Kier molecular flexibility index (Phi) is 9.39. The van der Waals surface area contributed by atoms with Gasteiger partial charge in [-0.3, -0.25) is 9.59 Å². The molecular weight excluding hydrogens is 376 g/mol. The molecule has 2 amide bonds. The summed E-state index contributed by atoms with van der Waals surface area (Å²) in [5, 5.41) is 3.00. The van der Waals surface area contributed by atoms with Crippen molar-refractivity contribution in [1.82, 2.24) is 10.2 Å². The van der Waals surface area contributed by atoms with Crippen molar-refractivity contribution < 1.29 is 14.3 Å². The van der Waals surface area contributed by atoms with Crippen LogP contribution in [0.4, 0.5) is 0 Å². The summed E-state index contributed by atoms with van der Waals surface area (Å²) in [5.41, 5.74) is 2.06. The van der Waals surface area contributed by atoms with E-state index in [9.17, 15) is 9.59 Å². The molecule has 0 saturated heterocycles. The molecule has 0 aromatic heterocycles. The minimum absolute atomic E-state index is 0.0392. The number of methoxy groups -OCH3 is 1. The zero-order valence-electron chi connectivity index (χ0n) is 18.6. The average Bonchev–Trinajstić information content (AvgIpc) is 2.76. The first-order chi connectivity index (χ1) is 14.4. The van der Waals surface area contributed by atoms with E-state index in [0.717, 1.165) is 16.9 Å². The van der Waals surface area contributed by atoms with Crippen molar-refractivity contribution >= 4 is 11.8 Å². The molecule has 2 rings (SSSR count). The highest BCUT2D eigenvalue weighted by Crippen LogP contribution is 2.15. The lowest BCUT2D eigenvalue weighted by Gasteiger charge is -2.31. The normalized spacial score (nSPS) is 11.8. The van der Waals surface area contributed by atoms with Gasteiger partial charge in [0.15, 0.2) is 0 Å². The van der Waals surface area contributed by atoms with Gasteiger partial charge in [0.05, 0.1) is 13.5 Å². The highest BCUT2D eigenvalue weighted by molar-refractivity contribution is 5.88. The predicted molar refractivity (Wildman–Crippen MR) is 120 cm³/mol. The van der Waals surface area contributed by atoms with E-state index in [1.54, 1.807) is 12.0 Å². The molecule has 0 bridgehead atoms. The monoisotopic (exact) mass is 410 g/mol. The summed E-state index contributed by atoms with van der Waals surface area (Å²) >= 11 is 0. The topological polar surface area (TPSA) is 58.6 Å². The number of nitrogens with zero attached hydrogens (tertiary/aromatic N) is 1. The molecule has 5 heteroatoms. The Morgan fingerprint density at radius 3 is 2.23 bits per heavy atom. The summed E-state index contributed by atoms with van der Waals surface area (Å²) in [4.78, 5) is 27.8. The molecule has 0 saturated carbocycles. The van der Waals surface area contributed by atoms with Crippen LogP contribution in [-0.2, 0) is 22.4 Å². The molecule has 0 spiro atoms. The van der Waals surface area contributed by atoms with Crippen LogP contribution in [-0.4, -0.2) is 43.0 Å². The molecule has 1 N–H and O–H groups in total. The van der Waals surface area contributed by atoms with Crippen molar-refractivity contribution in [2.75, 3.05) is 20.2 Å². The fourth-order valence-electron chi connectivity index (χ4n) is 3.34. The van der Waals surface area contributed by atoms with Crippen LogP contribution in [0.2, 0.25) is 0 Å². The molecule has 0 aliphatic heterocycles. The Balaban J connectivity index is 2.16. The maximum atomic E-state index is 13.2. The second kappa shape index (κ2) is 12.0. The molecule has 2 aromatic rings. The summed E-state index contributed by atoms with van der Waals surface area (Å²) in [5.74, 6) is 0.996. The molecule has 0 aliphatic carbocycles. The smallest absolute Gasteiger partial charge is 0.242 e. The lowest BCUT2D eigenvalue weighted by Crippen LogP contribution is -2.51. The van der Waals surface area contributed by atoms with Crippen LogP contribution in [0.1, 0.15) is 38.3 Å². The number of rotatable bonds is 11. The molecule has 0 heterocycles. The van der Waals surface area contributed by atoms with Crippen molar-refractivity contribution in [1.29, 1.82) is 0 Å². The zero-order valence-corrected chi connectivity index (χ0v) is 18.6. The number of benzene rings is 2. The largest absolute Gasteiger partial charge is 0.497 e. The van der Waals surface area contributed by atoms with Crippen LogP contribution < -0.4 is 10.1 Å². The Morgan fingerprint density at radius 1 is 1.00 bits per heavy atom. The number of amides is 2. The zero-order chi connectivity index (χ0) is 21.9. The van der Waals surface area contributed by atoms with Gasteiger partial charge in [-0.25, -0.2) is 0 Å². The first-order valence-corrected chi connectivity index (χ1v) is 10.7. The second-order valence-electron chi connectivity index (χ2n) is 7.91. The Labute approximate surface area is 180 Å². The van der Waals surface area contributed by atoms with Gasteiger partial charge in [-0.05, 0) is 42.0 Å². The Morgan fingerprint density at radius 2 is 1.67 bits per heavy atom. The first kappa shape index (κ1) is 23.5. The minimum atomic E-state index is -0.474. The Hall–Kier alpha value is -2.82. The molecule has 1 unspecified atom stereocenters. The molecule has 0 fully saturated rings. The third-order valence-electron chi connectivity index (χ3n) is 5.07. The first-order valence-electron chi connectivity index (χ1n) is 10.7. The summed E-state index contributed by atoms with van der Waals surface area (Å²) in [6.45, 7) is 7.18. The molecule has 1 atom stereocenters. The number of carbonyl (C=O) groups is 2. The van der Waals surface area contributed by atoms with Gasteiger partial charge < -0.3 is 15.0 Å². The SMILES string of the molecule is CCC(C(=O)NCC(C)C)N(CCc1ccccc1)C(=O)Cc1ccc(OC)cc1. The van der Waals surface area contributed by atoms with Crippen molar-refractivity contribution in [3.63, 3.8) is 0 Å². The van der Waals surface area contributed by atoms with E-state index >= 15 is 0 Å². The molecule has 30 heavy (non-hydrogen) atoms. The van der Waals surface area contributed by atoms with Crippen LogP contribution in [0.15, 0.2) is 54.6 Å². The van der Waals surface area contributed by atoms with E-state index in [1.807, 2.05) is 61.5 Å². The highest BCUT2D eigenvalue weighted by atomic mass is 16.5. The van der Waals surface area contributed by atoms with E-state index < -0.39 is 6.04 Å². The summed E-state index contributed by atoms with van der Waals surface area (Å²) in [6, 6.07) is 17.1. The van der Waals surface area contributed by atoms with Gasteiger partial charge >= 0.3 is 0 Å². The number of nitrogens with one attached hydrogen (secondary N) is 1. The van der Waals surface area contributed by atoms with Crippen molar-refractivity contribution in [2.45, 2.75) is 46.1 Å². The quantitative estimate of drug-likeness (QED) is 0.612. The number of hydrogen-bond donors (Lipinski definition) is 1. The maximum Gasteiger partial charge on any atom is 0.242 e. The van der Waals surface area contributed by atoms with E-state index in [-0.39, 0.29) is 18.2 Å². The van der Waals surface area contributed by atoms with Gasteiger partial charge in [-0.1, -0.05) is 63.2 Å². The van der Waals surface area contributed by atoms with E-state index in [0.29, 0.717) is 31.8 Å². The Bertz CT molecular complexity index is 788. The lowest BCUT2D eigenvalue weighted by atomic mass is 10.1. The fourth-order valence-corrected chi connectivity index (χ4v) is 3.34. The van der Waals surface area contributed by atoms with Crippen LogP contribution in [0.5, 0.6) is 5.75 Å². The van der Waals surface area contributed by atoms with Crippen LogP contribution in [0, 0.1) is 5.92 Å². The number of carbonyl (C=O) groups excluding carboxylic acids is 2. The average molecular weight is 411 g/mol. The molecule has 2 aromatic carbocycles. The summed E-state index contributed by atoms with van der Waals surface area (Å²) < 4.78 is 5.19. The maximum absolute atomic E-state index is 13.2. The number of ether oxygens (including phenoxy) is 1. The highest BCUT2D eigenvalue weighted by Gasteiger charge is 2.28. The van der Waals surface area contributed by atoms with Gasteiger partial charge in [0, 0.05) is 13.1 Å². The third-order valence-corrected chi connectivity index (χ3v) is 5.07. The number of hydrogen-bond acceptors (Lipinski definition) is 3. The van der Waals surface area contributed by atoms with Crippen LogP contribution in [0.3, 0.4) is 0 Å². The second-order valence-corrected chi connectivity index (χ2v) is 7.91. The van der Waals surface area contributed by atoms with Crippen molar-refractivity contribution in [2.24, 2.45) is 5.92 Å². The van der Waals surface area contributed by atoms with Gasteiger partial charge in [0.1, 0.15) is 11.8 Å². The van der Waals surface area contributed by atoms with Crippen molar-refractivity contribution in [3.05, 3.63) is 65.7 Å². The van der Waals surface area contributed by atoms with Gasteiger partial charge in [-0.2, -0.15) is 0 Å². The van der Waals surface area contributed by atoms with Gasteiger partial charge in [-0.15, -0.1) is 0 Å². The molecule has 5 nitrogen and oxygen atoms in total. The van der Waals surface area contributed by atoms with E-state index in [1.165, 1.54) is 0 Å². The minimum Gasteiger partial charge on any atom is -0.497 e. The molecule has 0 radical (unpaired) electrons. The third kappa shape index (κ3) is 7.21. The van der Waals surface area contributed by atoms with Gasteiger partial charge in [0.2, 0.25) is 11.8 Å². The van der Waals surface area contributed by atoms with E-state index in [2.05, 4.69) is 19.2 Å². The summed E-state index contributed by atoms with van der Waals surface area (Å²) in [7, 11) is 1.62. The standard InChI is InChI=1S/C25H34N2O3/c1-5-23(25(29)26-18-19(2)3)27(16-15-20-9-7-6-8-10-20)24(28)17-21-11-13-22(30-4)14-12-21/h6-14,19,23H,5,15-18H2,1-4H3,(H,26,29). The lowest BCUT2D eigenvalue weighted by molar-refractivity contribution is -0.140. The molecule has 162 valence electrons. The predicted octanol–water partition coefficient (Wildman–Crippen LogP) is 3.86. The van der Waals surface area contributed by atoms with Crippen LogP contribution >= 0.6 is 0 Å². The van der Waals surface area contributed by atoms with Crippen molar-refractivity contribution in [3.8, 4) is 5.75 Å². The summed E-state index contributed by atoms with van der Waals surface area (Å²) in [6.07, 6.45) is 1.54. The fraction of sp³-hybridized carbons (Fsp3) is 0.440. The molecule has 0 aliphatic rings. The van der Waals surface area contributed by atoms with Gasteiger partial charge in [0.25, 0.3) is 0 Å². The molecular formula is C25H34N2O3.